The molecule has 128 valence electrons. The molecule has 0 aliphatic carbocycles. The first-order valence-corrected chi connectivity index (χ1v) is 8.91. The average molecular weight is 373 g/mol. The van der Waals surface area contributed by atoms with Crippen LogP contribution in [0, 0.1) is 5.82 Å². The molecule has 1 heterocycles. The van der Waals surface area contributed by atoms with Crippen molar-refractivity contribution in [2.45, 2.75) is 6.54 Å². The number of ether oxygens (including phenoxy) is 1. The number of pyridine rings is 1. The van der Waals surface area contributed by atoms with Crippen LogP contribution in [-0.2, 0) is 21.3 Å². The second kappa shape index (κ2) is 7.14. The highest BCUT2D eigenvalue weighted by Crippen LogP contribution is 2.25. The van der Waals surface area contributed by atoms with E-state index in [1.165, 1.54) is 37.6 Å². The number of carbonyl (C=O) groups excluding carboxylic acids is 1. The van der Waals surface area contributed by atoms with E-state index in [0.29, 0.717) is 5.69 Å². The second-order valence-electron chi connectivity index (χ2n) is 4.90. The average Bonchev–Trinajstić information content (AvgIpc) is 2.54. The van der Waals surface area contributed by atoms with Crippen LogP contribution < -0.4 is 4.31 Å². The van der Waals surface area contributed by atoms with E-state index >= 15 is 0 Å². The lowest BCUT2D eigenvalue weighted by Crippen LogP contribution is -2.29. The number of nitrogens with zero attached hydrogens (tertiary/aromatic N) is 2. The summed E-state index contributed by atoms with van der Waals surface area (Å²) in [4.78, 5) is 15.4. The predicted octanol–water partition coefficient (Wildman–Crippen LogP) is 2.63. The highest BCUT2D eigenvalue weighted by molar-refractivity contribution is 7.92. The fourth-order valence-corrected chi connectivity index (χ4v) is 2.98. The first-order chi connectivity index (χ1) is 11.2. The van der Waals surface area contributed by atoms with Gasteiger partial charge in [0.15, 0.2) is 0 Å². The zero-order chi connectivity index (χ0) is 17.9. The molecule has 9 heteroatoms. The normalized spacial score (nSPS) is 11.2. The fraction of sp³-hybridized carbons (Fsp3) is 0.200. The number of sulfonamides is 1. The molecule has 0 aliphatic rings. The number of methoxy groups -OCH3 is 1. The molecule has 0 radical (unpaired) electrons. The molecule has 2 aromatic rings. The summed E-state index contributed by atoms with van der Waals surface area (Å²) in [6.07, 6.45) is 2.31. The topological polar surface area (TPSA) is 76.6 Å². The molecule has 1 aromatic carbocycles. The first-order valence-electron chi connectivity index (χ1n) is 6.68. The van der Waals surface area contributed by atoms with Crippen molar-refractivity contribution in [3.63, 3.8) is 0 Å². The van der Waals surface area contributed by atoms with Gasteiger partial charge >= 0.3 is 5.97 Å². The van der Waals surface area contributed by atoms with Crippen LogP contribution in [0.2, 0.25) is 5.02 Å². The van der Waals surface area contributed by atoms with E-state index in [1.807, 2.05) is 0 Å². The molecule has 2 rings (SSSR count). The Morgan fingerprint density at radius 2 is 2.04 bits per heavy atom. The van der Waals surface area contributed by atoms with E-state index in [9.17, 15) is 17.6 Å². The Morgan fingerprint density at radius 3 is 2.54 bits per heavy atom. The van der Waals surface area contributed by atoms with Crippen molar-refractivity contribution in [1.82, 2.24) is 4.98 Å². The second-order valence-corrected chi connectivity index (χ2v) is 7.21. The summed E-state index contributed by atoms with van der Waals surface area (Å²) < 4.78 is 43.0. The third-order valence-corrected chi connectivity index (χ3v) is 4.57. The maximum absolute atomic E-state index is 13.3. The van der Waals surface area contributed by atoms with Crippen molar-refractivity contribution in [3.8, 4) is 0 Å². The van der Waals surface area contributed by atoms with Crippen molar-refractivity contribution in [3.05, 3.63) is 58.6 Å². The Bertz CT molecular complexity index is 856. The Labute approximate surface area is 143 Å². The Kier molecular flexibility index (Phi) is 5.40. The molecule has 1 aromatic heterocycles. The third-order valence-electron chi connectivity index (χ3n) is 3.14. The van der Waals surface area contributed by atoms with Gasteiger partial charge in [0.25, 0.3) is 0 Å². The number of rotatable bonds is 5. The molecular formula is C15H14ClFN2O4S. The molecule has 0 atom stereocenters. The fourth-order valence-electron chi connectivity index (χ4n) is 1.94. The van der Waals surface area contributed by atoms with Crippen LogP contribution in [-0.4, -0.2) is 32.7 Å². The monoisotopic (exact) mass is 372 g/mol. The number of benzene rings is 1. The van der Waals surface area contributed by atoms with Crippen molar-refractivity contribution in [2.24, 2.45) is 0 Å². The quantitative estimate of drug-likeness (QED) is 0.754. The Morgan fingerprint density at radius 1 is 1.33 bits per heavy atom. The molecular weight excluding hydrogens is 359 g/mol. The van der Waals surface area contributed by atoms with Crippen LogP contribution in [0.5, 0.6) is 0 Å². The van der Waals surface area contributed by atoms with E-state index in [-0.39, 0.29) is 22.8 Å². The van der Waals surface area contributed by atoms with Crippen molar-refractivity contribution >= 4 is 33.3 Å². The van der Waals surface area contributed by atoms with Gasteiger partial charge in [-0.2, -0.15) is 0 Å². The highest BCUT2D eigenvalue weighted by atomic mass is 35.5. The van der Waals surface area contributed by atoms with Gasteiger partial charge in [0.2, 0.25) is 10.0 Å². The van der Waals surface area contributed by atoms with Gasteiger partial charge in [-0.05, 0) is 30.3 Å². The largest absolute Gasteiger partial charge is 0.465 e. The van der Waals surface area contributed by atoms with Crippen LogP contribution >= 0.6 is 11.6 Å². The van der Waals surface area contributed by atoms with E-state index in [1.54, 1.807) is 0 Å². The minimum Gasteiger partial charge on any atom is -0.465 e. The number of halogens is 2. The minimum absolute atomic E-state index is 0.0950. The molecule has 0 saturated carbocycles. The summed E-state index contributed by atoms with van der Waals surface area (Å²) >= 11 is 5.72. The van der Waals surface area contributed by atoms with Crippen LogP contribution in [0.4, 0.5) is 10.1 Å². The zero-order valence-electron chi connectivity index (χ0n) is 12.9. The zero-order valence-corrected chi connectivity index (χ0v) is 14.4. The van der Waals surface area contributed by atoms with E-state index in [4.69, 9.17) is 11.6 Å². The summed E-state index contributed by atoms with van der Waals surface area (Å²) in [5.74, 6) is -1.19. The van der Waals surface area contributed by atoms with Gasteiger partial charge in [-0.1, -0.05) is 11.6 Å². The highest BCUT2D eigenvalue weighted by Gasteiger charge is 2.20. The molecule has 0 amide bonds. The molecule has 0 saturated heterocycles. The number of carbonyl (C=O) groups is 1. The molecule has 0 unspecified atom stereocenters. The summed E-state index contributed by atoms with van der Waals surface area (Å²) in [5.41, 5.74) is 0.855. The SMILES string of the molecule is COC(=O)c1ccc(CN(c2ccc(F)c(Cl)c2)S(C)(=O)=O)nc1. The number of esters is 1. The smallest absolute Gasteiger partial charge is 0.339 e. The Balaban J connectivity index is 2.33. The van der Waals surface area contributed by atoms with Gasteiger partial charge in [0, 0.05) is 6.20 Å². The van der Waals surface area contributed by atoms with Crippen LogP contribution in [0.25, 0.3) is 0 Å². The molecule has 0 fully saturated rings. The van der Waals surface area contributed by atoms with Gasteiger partial charge in [-0.15, -0.1) is 0 Å². The van der Waals surface area contributed by atoms with Crippen LogP contribution in [0.15, 0.2) is 36.5 Å². The standard InChI is InChI=1S/C15H14ClFN2O4S/c1-23-15(20)10-3-4-11(18-8-10)9-19(24(2,21)22)12-5-6-14(17)13(16)7-12/h3-8H,9H2,1-2H3. The maximum Gasteiger partial charge on any atom is 0.339 e. The van der Waals surface area contributed by atoms with Crippen LogP contribution in [0.3, 0.4) is 0 Å². The summed E-state index contributed by atoms with van der Waals surface area (Å²) in [6, 6.07) is 6.61. The molecule has 6 nitrogen and oxygen atoms in total. The number of hydrogen-bond donors (Lipinski definition) is 0. The van der Waals surface area contributed by atoms with Gasteiger partial charge in [-0.25, -0.2) is 17.6 Å². The minimum atomic E-state index is -3.66. The maximum atomic E-state index is 13.3. The van der Waals surface area contributed by atoms with Gasteiger partial charge < -0.3 is 4.74 Å². The van der Waals surface area contributed by atoms with Gasteiger partial charge in [0.05, 0.1) is 41.9 Å². The third kappa shape index (κ3) is 4.21. The molecule has 0 N–H and O–H groups in total. The lowest BCUT2D eigenvalue weighted by atomic mass is 10.2. The number of aromatic nitrogens is 1. The molecule has 0 bridgehead atoms. The van der Waals surface area contributed by atoms with Gasteiger partial charge in [-0.3, -0.25) is 9.29 Å². The number of hydrogen-bond acceptors (Lipinski definition) is 5. The van der Waals surface area contributed by atoms with Crippen LogP contribution in [0.1, 0.15) is 16.1 Å². The van der Waals surface area contributed by atoms with E-state index < -0.39 is 21.8 Å². The van der Waals surface area contributed by atoms with Crippen molar-refractivity contribution < 1.29 is 22.3 Å². The van der Waals surface area contributed by atoms with Gasteiger partial charge in [0.1, 0.15) is 5.82 Å². The van der Waals surface area contributed by atoms with E-state index in [0.717, 1.165) is 16.6 Å². The van der Waals surface area contributed by atoms with Crippen molar-refractivity contribution in [2.75, 3.05) is 17.7 Å². The first kappa shape index (κ1) is 18.2. The van der Waals surface area contributed by atoms with Crippen molar-refractivity contribution in [1.29, 1.82) is 0 Å². The predicted molar refractivity (Wildman–Crippen MR) is 88.0 cm³/mol. The summed E-state index contributed by atoms with van der Waals surface area (Å²) in [6.45, 7) is -0.0950. The number of anilines is 1. The lowest BCUT2D eigenvalue weighted by molar-refractivity contribution is 0.0600. The summed E-state index contributed by atoms with van der Waals surface area (Å²) in [5, 5.41) is -0.185. The van der Waals surface area contributed by atoms with E-state index in [2.05, 4.69) is 9.72 Å². The molecule has 24 heavy (non-hydrogen) atoms. The summed E-state index contributed by atoms with van der Waals surface area (Å²) in [7, 11) is -2.41. The molecule has 0 spiro atoms. The lowest BCUT2D eigenvalue weighted by Gasteiger charge is -2.22. The molecule has 0 aliphatic heterocycles. The Hall–Kier alpha value is -2.19.